The van der Waals surface area contributed by atoms with Gasteiger partial charge in [-0.1, -0.05) is 31.9 Å². The SMILES string of the molecule is Cc1cc(NC(=O)c2cc(Br)ccc2O)ccc1Br. The molecule has 0 radical (unpaired) electrons. The first-order valence-corrected chi connectivity index (χ1v) is 7.12. The third kappa shape index (κ3) is 3.36. The van der Waals surface area contributed by atoms with Gasteiger partial charge in [-0.15, -0.1) is 0 Å². The number of nitrogens with one attached hydrogen (secondary N) is 1. The van der Waals surface area contributed by atoms with E-state index in [0.717, 1.165) is 14.5 Å². The Hall–Kier alpha value is -1.33. The zero-order valence-electron chi connectivity index (χ0n) is 10.1. The number of aryl methyl sites for hydroxylation is 1. The van der Waals surface area contributed by atoms with Crippen LogP contribution in [-0.2, 0) is 0 Å². The van der Waals surface area contributed by atoms with Crippen LogP contribution in [-0.4, -0.2) is 11.0 Å². The van der Waals surface area contributed by atoms with Crippen molar-refractivity contribution in [2.45, 2.75) is 6.92 Å². The Bertz CT molecular complexity index is 641. The van der Waals surface area contributed by atoms with Crippen molar-refractivity contribution in [2.24, 2.45) is 0 Å². The summed E-state index contributed by atoms with van der Waals surface area (Å²) in [4.78, 5) is 12.1. The van der Waals surface area contributed by atoms with E-state index in [0.29, 0.717) is 5.69 Å². The van der Waals surface area contributed by atoms with Crippen molar-refractivity contribution in [3.63, 3.8) is 0 Å². The van der Waals surface area contributed by atoms with E-state index in [1.807, 2.05) is 19.1 Å². The van der Waals surface area contributed by atoms with E-state index in [2.05, 4.69) is 37.2 Å². The summed E-state index contributed by atoms with van der Waals surface area (Å²) in [7, 11) is 0. The highest BCUT2D eigenvalue weighted by Crippen LogP contribution is 2.24. The first kappa shape index (κ1) is 14.1. The molecule has 0 aliphatic heterocycles. The van der Waals surface area contributed by atoms with Crippen LogP contribution in [0, 0.1) is 6.92 Å². The summed E-state index contributed by atoms with van der Waals surface area (Å²) in [5.74, 6) is -0.393. The molecule has 0 aliphatic rings. The van der Waals surface area contributed by atoms with Gasteiger partial charge in [0.1, 0.15) is 5.75 Å². The lowest BCUT2D eigenvalue weighted by atomic mass is 10.1. The van der Waals surface area contributed by atoms with E-state index in [4.69, 9.17) is 0 Å². The Balaban J connectivity index is 2.25. The summed E-state index contributed by atoms with van der Waals surface area (Å²) in [6, 6.07) is 10.3. The number of benzene rings is 2. The number of anilines is 1. The lowest BCUT2D eigenvalue weighted by Gasteiger charge is -2.08. The molecule has 5 heteroatoms. The number of phenolic OH excluding ortho intramolecular Hbond substituents is 1. The highest BCUT2D eigenvalue weighted by molar-refractivity contribution is 9.10. The molecule has 98 valence electrons. The monoisotopic (exact) mass is 383 g/mol. The Morgan fingerprint density at radius 1 is 1.16 bits per heavy atom. The van der Waals surface area contributed by atoms with Crippen molar-refractivity contribution in [2.75, 3.05) is 5.32 Å². The molecule has 1 amide bonds. The van der Waals surface area contributed by atoms with Crippen LogP contribution in [0.15, 0.2) is 45.3 Å². The largest absolute Gasteiger partial charge is 0.507 e. The molecular weight excluding hydrogens is 374 g/mol. The number of carbonyl (C=O) groups excluding carboxylic acids is 1. The molecule has 0 fully saturated rings. The Morgan fingerprint density at radius 3 is 2.58 bits per heavy atom. The van der Waals surface area contributed by atoms with Gasteiger partial charge in [-0.25, -0.2) is 0 Å². The van der Waals surface area contributed by atoms with Crippen molar-refractivity contribution in [1.29, 1.82) is 0 Å². The van der Waals surface area contributed by atoms with E-state index >= 15 is 0 Å². The second kappa shape index (κ2) is 5.75. The molecule has 19 heavy (non-hydrogen) atoms. The van der Waals surface area contributed by atoms with Gasteiger partial charge in [0.05, 0.1) is 5.56 Å². The number of amides is 1. The van der Waals surface area contributed by atoms with Crippen molar-refractivity contribution in [3.8, 4) is 5.75 Å². The quantitative estimate of drug-likeness (QED) is 0.801. The molecule has 0 unspecified atom stereocenters. The summed E-state index contributed by atoms with van der Waals surface area (Å²) in [5.41, 5.74) is 1.94. The number of carbonyl (C=O) groups is 1. The van der Waals surface area contributed by atoms with Gasteiger partial charge in [0, 0.05) is 14.6 Å². The van der Waals surface area contributed by atoms with Crippen molar-refractivity contribution < 1.29 is 9.90 Å². The maximum absolute atomic E-state index is 12.1. The molecule has 0 aromatic heterocycles. The molecule has 0 aliphatic carbocycles. The standard InChI is InChI=1S/C14H11Br2NO2/c1-8-6-10(3-4-12(8)16)17-14(19)11-7-9(15)2-5-13(11)18/h2-7,18H,1H3,(H,17,19). The predicted molar refractivity (Wildman–Crippen MR) is 82.6 cm³/mol. The predicted octanol–water partition coefficient (Wildman–Crippen LogP) is 4.48. The molecule has 0 bridgehead atoms. The smallest absolute Gasteiger partial charge is 0.259 e. The van der Waals surface area contributed by atoms with Gasteiger partial charge in [-0.05, 0) is 48.9 Å². The number of rotatable bonds is 2. The Morgan fingerprint density at radius 2 is 1.89 bits per heavy atom. The number of hydrogen-bond donors (Lipinski definition) is 2. The van der Waals surface area contributed by atoms with E-state index < -0.39 is 0 Å². The average Bonchev–Trinajstić information content (AvgIpc) is 2.36. The molecular formula is C14H11Br2NO2. The fraction of sp³-hybridized carbons (Fsp3) is 0.0714. The lowest BCUT2D eigenvalue weighted by Crippen LogP contribution is -2.12. The molecule has 3 nitrogen and oxygen atoms in total. The molecule has 0 atom stereocenters. The van der Waals surface area contributed by atoms with Gasteiger partial charge in [-0.2, -0.15) is 0 Å². The molecule has 2 N–H and O–H groups in total. The van der Waals surface area contributed by atoms with E-state index in [1.54, 1.807) is 18.2 Å². The van der Waals surface area contributed by atoms with Crippen LogP contribution in [0.1, 0.15) is 15.9 Å². The molecule has 2 aromatic carbocycles. The molecule has 0 spiro atoms. The van der Waals surface area contributed by atoms with E-state index in [-0.39, 0.29) is 17.2 Å². The fourth-order valence-corrected chi connectivity index (χ4v) is 2.22. The normalized spacial score (nSPS) is 10.3. The summed E-state index contributed by atoms with van der Waals surface area (Å²) < 4.78 is 1.72. The van der Waals surface area contributed by atoms with Gasteiger partial charge in [0.25, 0.3) is 5.91 Å². The third-order valence-corrected chi connectivity index (χ3v) is 4.00. The van der Waals surface area contributed by atoms with Crippen LogP contribution < -0.4 is 5.32 Å². The molecule has 0 saturated carbocycles. The summed E-state index contributed by atoms with van der Waals surface area (Å²) >= 11 is 6.68. The number of halogens is 2. The van der Waals surface area contributed by atoms with Gasteiger partial charge < -0.3 is 10.4 Å². The van der Waals surface area contributed by atoms with Crippen molar-refractivity contribution in [1.82, 2.24) is 0 Å². The molecule has 2 aromatic rings. The minimum absolute atomic E-state index is 0.0467. The highest BCUT2D eigenvalue weighted by atomic mass is 79.9. The summed E-state index contributed by atoms with van der Waals surface area (Å²) in [6.07, 6.45) is 0. The van der Waals surface area contributed by atoms with Gasteiger partial charge in [0.15, 0.2) is 0 Å². The second-order valence-corrected chi connectivity index (χ2v) is 5.85. The fourth-order valence-electron chi connectivity index (χ4n) is 1.61. The zero-order chi connectivity index (χ0) is 14.0. The molecule has 0 heterocycles. The minimum Gasteiger partial charge on any atom is -0.507 e. The van der Waals surface area contributed by atoms with Gasteiger partial charge in [0.2, 0.25) is 0 Å². The first-order valence-electron chi connectivity index (χ1n) is 5.53. The Labute approximate surface area is 127 Å². The van der Waals surface area contributed by atoms with Crippen LogP contribution in [0.2, 0.25) is 0 Å². The van der Waals surface area contributed by atoms with Crippen LogP contribution in [0.5, 0.6) is 5.75 Å². The van der Waals surface area contributed by atoms with Crippen molar-refractivity contribution in [3.05, 3.63) is 56.5 Å². The number of phenols is 1. The second-order valence-electron chi connectivity index (χ2n) is 4.08. The van der Waals surface area contributed by atoms with Gasteiger partial charge >= 0.3 is 0 Å². The highest BCUT2D eigenvalue weighted by Gasteiger charge is 2.12. The van der Waals surface area contributed by atoms with Crippen LogP contribution in [0.25, 0.3) is 0 Å². The maximum Gasteiger partial charge on any atom is 0.259 e. The molecule has 2 rings (SSSR count). The van der Waals surface area contributed by atoms with Crippen LogP contribution >= 0.6 is 31.9 Å². The average molecular weight is 385 g/mol. The Kier molecular flexibility index (Phi) is 4.27. The first-order chi connectivity index (χ1) is 8.97. The number of hydrogen-bond acceptors (Lipinski definition) is 2. The van der Waals surface area contributed by atoms with Crippen molar-refractivity contribution >= 4 is 43.5 Å². The topological polar surface area (TPSA) is 49.3 Å². The van der Waals surface area contributed by atoms with Crippen LogP contribution in [0.3, 0.4) is 0 Å². The zero-order valence-corrected chi connectivity index (χ0v) is 13.2. The lowest BCUT2D eigenvalue weighted by molar-refractivity contribution is 0.102. The summed E-state index contributed by atoms with van der Waals surface area (Å²) in [5, 5.41) is 12.4. The molecule has 0 saturated heterocycles. The number of aromatic hydroxyl groups is 1. The van der Waals surface area contributed by atoms with Crippen LogP contribution in [0.4, 0.5) is 5.69 Å². The maximum atomic E-state index is 12.1. The van der Waals surface area contributed by atoms with E-state index in [1.165, 1.54) is 6.07 Å². The summed E-state index contributed by atoms with van der Waals surface area (Å²) in [6.45, 7) is 1.94. The van der Waals surface area contributed by atoms with Gasteiger partial charge in [-0.3, -0.25) is 4.79 Å². The minimum atomic E-state index is -0.347. The van der Waals surface area contributed by atoms with E-state index in [9.17, 15) is 9.90 Å². The third-order valence-electron chi connectivity index (χ3n) is 2.62.